The number of carbonyl (C=O) groups excluding carboxylic acids is 1. The van der Waals surface area contributed by atoms with Gasteiger partial charge in [0.15, 0.2) is 5.69 Å². The fourth-order valence-electron chi connectivity index (χ4n) is 3.28. The SMILES string of the molecule is Nc1nonc1-n1nnc(C(=O)NN=Cc2ccc3ccccc3c2)c1-c1ccccc1. The van der Waals surface area contributed by atoms with Gasteiger partial charge in [0.2, 0.25) is 11.6 Å². The van der Waals surface area contributed by atoms with E-state index in [-0.39, 0.29) is 17.3 Å². The summed E-state index contributed by atoms with van der Waals surface area (Å²) < 4.78 is 5.98. The molecule has 0 atom stereocenters. The van der Waals surface area contributed by atoms with Crippen molar-refractivity contribution in [2.75, 3.05) is 5.73 Å². The number of hydrogen-bond acceptors (Lipinski definition) is 8. The Hall–Kier alpha value is -4.86. The predicted octanol–water partition coefficient (Wildman–Crippen LogP) is 2.82. The average Bonchev–Trinajstić information content (AvgIpc) is 3.45. The number of amides is 1. The van der Waals surface area contributed by atoms with Gasteiger partial charge in [-0.25, -0.2) is 10.1 Å². The van der Waals surface area contributed by atoms with Crippen LogP contribution in [0.3, 0.4) is 0 Å². The zero-order valence-electron chi connectivity index (χ0n) is 16.6. The molecule has 2 aromatic heterocycles. The second-order valence-corrected chi connectivity index (χ2v) is 6.84. The number of aromatic nitrogens is 5. The lowest BCUT2D eigenvalue weighted by Crippen LogP contribution is -2.19. The molecule has 0 unspecified atom stereocenters. The van der Waals surface area contributed by atoms with Crippen molar-refractivity contribution in [3.63, 3.8) is 0 Å². The number of anilines is 1. The summed E-state index contributed by atoms with van der Waals surface area (Å²) in [7, 11) is 0. The van der Waals surface area contributed by atoms with Gasteiger partial charge in [-0.05, 0) is 32.7 Å². The lowest BCUT2D eigenvalue weighted by atomic mass is 10.1. The smallest absolute Gasteiger partial charge is 0.294 e. The minimum Gasteiger partial charge on any atom is -0.378 e. The molecule has 0 saturated heterocycles. The third-order valence-corrected chi connectivity index (χ3v) is 4.78. The Morgan fingerprint density at radius 2 is 1.78 bits per heavy atom. The van der Waals surface area contributed by atoms with E-state index in [1.165, 1.54) is 4.68 Å². The molecule has 0 aliphatic carbocycles. The third kappa shape index (κ3) is 3.56. The highest BCUT2D eigenvalue weighted by atomic mass is 16.6. The molecule has 3 aromatic carbocycles. The number of nitrogens with zero attached hydrogens (tertiary/aromatic N) is 6. The van der Waals surface area contributed by atoms with Crippen molar-refractivity contribution in [3.05, 3.63) is 84.1 Å². The highest BCUT2D eigenvalue weighted by molar-refractivity contribution is 5.99. The molecule has 0 saturated carbocycles. The van der Waals surface area contributed by atoms with Crippen LogP contribution in [-0.2, 0) is 0 Å². The number of rotatable bonds is 5. The number of nitrogens with two attached hydrogens (primary N) is 1. The summed E-state index contributed by atoms with van der Waals surface area (Å²) in [6.45, 7) is 0. The number of carbonyl (C=O) groups is 1. The largest absolute Gasteiger partial charge is 0.378 e. The molecule has 0 radical (unpaired) electrons. The number of fused-ring (bicyclic) bond motifs is 1. The summed E-state index contributed by atoms with van der Waals surface area (Å²) in [5.74, 6) is -0.384. The van der Waals surface area contributed by atoms with E-state index in [1.54, 1.807) is 6.21 Å². The molecule has 0 aliphatic rings. The lowest BCUT2D eigenvalue weighted by molar-refractivity contribution is 0.0950. The van der Waals surface area contributed by atoms with Gasteiger partial charge in [-0.1, -0.05) is 71.9 Å². The molecule has 5 aromatic rings. The van der Waals surface area contributed by atoms with E-state index >= 15 is 0 Å². The zero-order valence-corrected chi connectivity index (χ0v) is 16.6. The Kier molecular flexibility index (Phi) is 4.85. The maximum Gasteiger partial charge on any atom is 0.294 e. The molecule has 10 heteroatoms. The van der Waals surface area contributed by atoms with Crippen LogP contribution in [0.15, 0.2) is 82.5 Å². The van der Waals surface area contributed by atoms with E-state index in [1.807, 2.05) is 72.8 Å². The third-order valence-electron chi connectivity index (χ3n) is 4.78. The van der Waals surface area contributed by atoms with Gasteiger partial charge in [0, 0.05) is 5.56 Å². The Labute approximate surface area is 181 Å². The maximum atomic E-state index is 12.9. The first kappa shape index (κ1) is 19.1. The second-order valence-electron chi connectivity index (χ2n) is 6.84. The van der Waals surface area contributed by atoms with Gasteiger partial charge in [0.1, 0.15) is 5.69 Å². The molecule has 156 valence electrons. The first-order valence-electron chi connectivity index (χ1n) is 9.62. The molecule has 3 N–H and O–H groups in total. The monoisotopic (exact) mass is 424 g/mol. The summed E-state index contributed by atoms with van der Waals surface area (Å²) in [6, 6.07) is 23.0. The summed E-state index contributed by atoms with van der Waals surface area (Å²) in [5.41, 5.74) is 10.3. The van der Waals surface area contributed by atoms with Crippen LogP contribution in [0.5, 0.6) is 0 Å². The van der Waals surface area contributed by atoms with Crippen molar-refractivity contribution in [2.24, 2.45) is 5.10 Å². The molecule has 2 heterocycles. The van der Waals surface area contributed by atoms with Crippen LogP contribution in [-0.4, -0.2) is 37.4 Å². The summed E-state index contributed by atoms with van der Waals surface area (Å²) in [6.07, 6.45) is 1.57. The van der Waals surface area contributed by atoms with Crippen LogP contribution in [0.25, 0.3) is 27.8 Å². The second kappa shape index (κ2) is 8.11. The molecule has 0 spiro atoms. The Morgan fingerprint density at radius 3 is 2.56 bits per heavy atom. The number of benzene rings is 3. The fourth-order valence-corrected chi connectivity index (χ4v) is 3.28. The van der Waals surface area contributed by atoms with Crippen molar-refractivity contribution in [1.82, 2.24) is 30.7 Å². The maximum absolute atomic E-state index is 12.9. The molecule has 0 fully saturated rings. The van der Waals surface area contributed by atoms with E-state index in [0.717, 1.165) is 16.3 Å². The van der Waals surface area contributed by atoms with Crippen LogP contribution >= 0.6 is 0 Å². The van der Waals surface area contributed by atoms with Crippen LogP contribution in [0.2, 0.25) is 0 Å². The first-order valence-corrected chi connectivity index (χ1v) is 9.62. The quantitative estimate of drug-likeness (QED) is 0.327. The minimum absolute atomic E-state index is 0.0216. The van der Waals surface area contributed by atoms with Crippen LogP contribution < -0.4 is 11.2 Å². The van der Waals surface area contributed by atoms with Crippen molar-refractivity contribution in [3.8, 4) is 17.1 Å². The Morgan fingerprint density at radius 1 is 1.00 bits per heavy atom. The normalized spacial score (nSPS) is 11.2. The van der Waals surface area contributed by atoms with Crippen LogP contribution in [0, 0.1) is 0 Å². The molecule has 0 aliphatic heterocycles. The highest BCUT2D eigenvalue weighted by Crippen LogP contribution is 2.26. The molecule has 10 nitrogen and oxygen atoms in total. The topological polar surface area (TPSA) is 137 Å². The summed E-state index contributed by atoms with van der Waals surface area (Å²) in [5, 5.41) is 21.7. The van der Waals surface area contributed by atoms with E-state index in [9.17, 15) is 4.79 Å². The number of nitrogens with one attached hydrogen (secondary N) is 1. The van der Waals surface area contributed by atoms with Crippen molar-refractivity contribution in [1.29, 1.82) is 0 Å². The lowest BCUT2D eigenvalue weighted by Gasteiger charge is -2.05. The Balaban J connectivity index is 1.45. The molecule has 1 amide bonds. The van der Waals surface area contributed by atoms with E-state index in [4.69, 9.17) is 5.73 Å². The van der Waals surface area contributed by atoms with Gasteiger partial charge >= 0.3 is 0 Å². The number of hydrazone groups is 1. The number of nitrogen functional groups attached to an aromatic ring is 1. The van der Waals surface area contributed by atoms with Crippen LogP contribution in [0.4, 0.5) is 5.82 Å². The molecule has 0 bridgehead atoms. The van der Waals surface area contributed by atoms with Crippen molar-refractivity contribution in [2.45, 2.75) is 0 Å². The standard InChI is InChI=1S/C22H16N8O2/c23-20-21(28-32-27-20)30-19(16-7-2-1-3-8-16)18(25-29-30)22(31)26-24-13-14-10-11-15-6-4-5-9-17(15)12-14/h1-13H,(H2,23,27)(H,26,31). The number of hydrogen-bond donors (Lipinski definition) is 2. The van der Waals surface area contributed by atoms with Gasteiger partial charge in [-0.3, -0.25) is 4.79 Å². The van der Waals surface area contributed by atoms with E-state index < -0.39 is 5.91 Å². The molecule has 32 heavy (non-hydrogen) atoms. The highest BCUT2D eigenvalue weighted by Gasteiger charge is 2.24. The van der Waals surface area contributed by atoms with Gasteiger partial charge in [-0.15, -0.1) is 5.10 Å². The molecular formula is C22H16N8O2. The predicted molar refractivity (Wildman–Crippen MR) is 118 cm³/mol. The first-order chi connectivity index (χ1) is 15.7. The average molecular weight is 424 g/mol. The van der Waals surface area contributed by atoms with Crippen molar-refractivity contribution < 1.29 is 9.42 Å². The zero-order chi connectivity index (χ0) is 21.9. The van der Waals surface area contributed by atoms with Gasteiger partial charge in [0.05, 0.1) is 6.21 Å². The van der Waals surface area contributed by atoms with Gasteiger partial charge in [-0.2, -0.15) is 9.78 Å². The van der Waals surface area contributed by atoms with Gasteiger partial charge < -0.3 is 5.73 Å². The molecular weight excluding hydrogens is 408 g/mol. The van der Waals surface area contributed by atoms with Gasteiger partial charge in [0.25, 0.3) is 5.91 Å². The fraction of sp³-hybridized carbons (Fsp3) is 0. The molecule has 5 rings (SSSR count). The van der Waals surface area contributed by atoms with E-state index in [0.29, 0.717) is 11.3 Å². The van der Waals surface area contributed by atoms with Crippen LogP contribution in [0.1, 0.15) is 16.1 Å². The van der Waals surface area contributed by atoms with Crippen molar-refractivity contribution >= 4 is 28.7 Å². The van der Waals surface area contributed by atoms with E-state index in [2.05, 4.69) is 35.8 Å². The Bertz CT molecular complexity index is 1440. The minimum atomic E-state index is -0.540. The summed E-state index contributed by atoms with van der Waals surface area (Å²) >= 11 is 0. The summed E-state index contributed by atoms with van der Waals surface area (Å²) in [4.78, 5) is 12.9.